The Kier molecular flexibility index (Phi) is 5.22. The number of primary amides is 1. The first-order chi connectivity index (χ1) is 16.0. The number of aryl methyl sites for hydroxylation is 3. The van der Waals surface area contributed by atoms with Crippen LogP contribution >= 0.6 is 0 Å². The summed E-state index contributed by atoms with van der Waals surface area (Å²) in [5, 5.41) is 8.15. The zero-order valence-electron chi connectivity index (χ0n) is 18.5. The number of amides is 1. The molecule has 0 saturated heterocycles. The molecule has 7 nitrogen and oxygen atoms in total. The summed E-state index contributed by atoms with van der Waals surface area (Å²) in [7, 11) is 1.58. The summed E-state index contributed by atoms with van der Waals surface area (Å²) < 4.78 is 13.4. The van der Waals surface area contributed by atoms with Crippen molar-refractivity contribution in [1.82, 2.24) is 9.78 Å². The van der Waals surface area contributed by atoms with Crippen LogP contribution in [0.2, 0.25) is 0 Å². The van der Waals surface area contributed by atoms with Crippen LogP contribution in [0.1, 0.15) is 21.5 Å². The number of nitrogens with zero attached hydrogens (tertiary/aromatic N) is 2. The number of benzene rings is 3. The van der Waals surface area contributed by atoms with Crippen molar-refractivity contribution in [2.24, 2.45) is 5.73 Å². The van der Waals surface area contributed by atoms with Crippen LogP contribution in [0.5, 0.6) is 17.2 Å². The number of hydrogen-bond acceptors (Lipinski definition) is 5. The third kappa shape index (κ3) is 3.89. The zero-order chi connectivity index (χ0) is 22.9. The number of para-hydroxylation sites is 1. The molecule has 1 aliphatic rings. The number of methoxy groups -OCH3 is 1. The number of hydrogen-bond donors (Lipinski definition) is 2. The lowest BCUT2D eigenvalue weighted by molar-refractivity contribution is 0.100. The second-order valence-corrected chi connectivity index (χ2v) is 7.97. The van der Waals surface area contributed by atoms with Gasteiger partial charge in [-0.1, -0.05) is 35.9 Å². The minimum absolute atomic E-state index is 0.332. The Morgan fingerprint density at radius 1 is 1.06 bits per heavy atom. The van der Waals surface area contributed by atoms with Crippen molar-refractivity contribution < 1.29 is 14.3 Å². The van der Waals surface area contributed by atoms with E-state index in [0.717, 1.165) is 17.9 Å². The van der Waals surface area contributed by atoms with Gasteiger partial charge in [-0.25, -0.2) is 4.68 Å². The van der Waals surface area contributed by atoms with E-state index in [4.69, 9.17) is 20.3 Å². The topological polar surface area (TPSA) is 91.4 Å². The maximum absolute atomic E-state index is 12.6. The molecule has 5 rings (SSSR count). The van der Waals surface area contributed by atoms with Crippen molar-refractivity contribution in [2.45, 2.75) is 19.9 Å². The molecule has 2 heterocycles. The highest BCUT2D eigenvalue weighted by Gasteiger charge is 2.27. The van der Waals surface area contributed by atoms with Crippen LogP contribution in [0, 0.1) is 6.92 Å². The minimum atomic E-state index is -0.555. The number of nitrogens with one attached hydrogen (secondary N) is 1. The van der Waals surface area contributed by atoms with Crippen molar-refractivity contribution in [3.05, 3.63) is 83.4 Å². The second-order valence-electron chi connectivity index (χ2n) is 7.97. The first-order valence-corrected chi connectivity index (χ1v) is 10.7. The van der Waals surface area contributed by atoms with Crippen LogP contribution in [0.15, 0.2) is 66.7 Å². The number of rotatable bonds is 5. The molecular formula is C26H24N4O3. The summed E-state index contributed by atoms with van der Waals surface area (Å²) in [6, 6.07) is 21.1. The van der Waals surface area contributed by atoms with Crippen molar-refractivity contribution in [3.8, 4) is 28.5 Å². The van der Waals surface area contributed by atoms with Crippen molar-refractivity contribution in [2.75, 3.05) is 12.4 Å². The number of ether oxygens (including phenoxy) is 2. The number of carbonyl (C=O) groups is 1. The molecule has 0 spiro atoms. The maximum Gasteiger partial charge on any atom is 0.254 e. The number of aromatic nitrogens is 2. The normalized spacial score (nSPS) is 12.2. The van der Waals surface area contributed by atoms with E-state index >= 15 is 0 Å². The molecule has 1 aromatic heterocycles. The van der Waals surface area contributed by atoms with Gasteiger partial charge < -0.3 is 20.5 Å². The molecule has 1 amide bonds. The van der Waals surface area contributed by atoms with E-state index < -0.39 is 5.91 Å². The highest BCUT2D eigenvalue weighted by Crippen LogP contribution is 2.39. The van der Waals surface area contributed by atoms with Crippen molar-refractivity contribution in [3.63, 3.8) is 0 Å². The quantitative estimate of drug-likeness (QED) is 0.453. The van der Waals surface area contributed by atoms with Crippen LogP contribution in [0.25, 0.3) is 11.3 Å². The van der Waals surface area contributed by atoms with E-state index in [1.54, 1.807) is 17.9 Å². The number of anilines is 2. The molecule has 7 heteroatoms. The van der Waals surface area contributed by atoms with Crippen LogP contribution in [-0.4, -0.2) is 22.8 Å². The lowest BCUT2D eigenvalue weighted by atomic mass is 10.0. The Morgan fingerprint density at radius 3 is 2.64 bits per heavy atom. The van der Waals surface area contributed by atoms with E-state index in [-0.39, 0.29) is 0 Å². The van der Waals surface area contributed by atoms with Gasteiger partial charge in [0.25, 0.3) is 5.91 Å². The lowest BCUT2D eigenvalue weighted by Crippen LogP contribution is -2.14. The maximum atomic E-state index is 12.6. The molecule has 0 atom stereocenters. The van der Waals surface area contributed by atoms with E-state index in [2.05, 4.69) is 18.3 Å². The minimum Gasteiger partial charge on any atom is -0.496 e. The third-order valence-corrected chi connectivity index (χ3v) is 5.71. The van der Waals surface area contributed by atoms with Gasteiger partial charge in [0, 0.05) is 23.9 Å². The Bertz CT molecular complexity index is 1350. The Hall–Kier alpha value is -4.26. The van der Waals surface area contributed by atoms with E-state index in [9.17, 15) is 4.79 Å². The van der Waals surface area contributed by atoms with Gasteiger partial charge in [0.1, 0.15) is 34.3 Å². The predicted octanol–water partition coefficient (Wildman–Crippen LogP) is 5.06. The molecule has 33 heavy (non-hydrogen) atoms. The van der Waals surface area contributed by atoms with Crippen LogP contribution in [-0.2, 0) is 13.0 Å². The van der Waals surface area contributed by atoms with Crippen LogP contribution < -0.4 is 20.5 Å². The smallest absolute Gasteiger partial charge is 0.254 e. The fourth-order valence-electron chi connectivity index (χ4n) is 4.13. The molecule has 0 saturated carbocycles. The molecule has 166 valence electrons. The summed E-state index contributed by atoms with van der Waals surface area (Å²) in [4.78, 5) is 12.6. The van der Waals surface area contributed by atoms with Crippen molar-refractivity contribution in [1.29, 1.82) is 0 Å². The Labute approximate surface area is 191 Å². The average Bonchev–Trinajstić information content (AvgIpc) is 3.08. The number of carbonyl (C=O) groups excluding carboxylic acids is 1. The first-order valence-electron chi connectivity index (χ1n) is 10.7. The van der Waals surface area contributed by atoms with Crippen molar-refractivity contribution >= 4 is 17.4 Å². The van der Waals surface area contributed by atoms with Gasteiger partial charge in [-0.3, -0.25) is 4.79 Å². The predicted molar refractivity (Wildman–Crippen MR) is 127 cm³/mol. The highest BCUT2D eigenvalue weighted by molar-refractivity contribution is 6.05. The summed E-state index contributed by atoms with van der Waals surface area (Å²) in [5.41, 5.74) is 10.6. The summed E-state index contributed by atoms with van der Waals surface area (Å²) in [6.07, 6.45) is 0.789. The zero-order valence-corrected chi connectivity index (χ0v) is 18.5. The lowest BCUT2D eigenvalue weighted by Gasteiger charge is -2.12. The monoisotopic (exact) mass is 440 g/mol. The molecule has 1 aliphatic heterocycles. The fourth-order valence-corrected chi connectivity index (χ4v) is 4.13. The van der Waals surface area contributed by atoms with E-state index in [1.807, 2.05) is 54.6 Å². The van der Waals surface area contributed by atoms with Gasteiger partial charge >= 0.3 is 0 Å². The molecule has 3 N–H and O–H groups in total. The Morgan fingerprint density at radius 2 is 1.88 bits per heavy atom. The summed E-state index contributed by atoms with van der Waals surface area (Å²) in [6.45, 7) is 2.69. The second kappa shape index (κ2) is 8.35. The molecule has 3 aromatic carbocycles. The van der Waals surface area contributed by atoms with Crippen LogP contribution in [0.3, 0.4) is 0 Å². The SMILES string of the molecule is COc1cc(Oc2ccccc2)ccc1-c1nn2c(c1C(N)=O)Nc1ccc(C)cc1CC2. The van der Waals surface area contributed by atoms with Gasteiger partial charge in [0.2, 0.25) is 0 Å². The standard InChI is InChI=1S/C26H24N4O3/c1-16-8-11-21-17(14-16)12-13-30-26(28-21)23(25(27)31)24(29-30)20-10-9-19(15-22(20)32-2)33-18-6-4-3-5-7-18/h3-11,14-15,28H,12-13H2,1-2H3,(H2,27,31). The third-order valence-electron chi connectivity index (χ3n) is 5.71. The van der Waals surface area contributed by atoms with Gasteiger partial charge in [0.15, 0.2) is 0 Å². The summed E-state index contributed by atoms with van der Waals surface area (Å²) in [5.74, 6) is 1.91. The average molecular weight is 441 g/mol. The molecule has 0 aliphatic carbocycles. The molecular weight excluding hydrogens is 416 g/mol. The van der Waals surface area contributed by atoms with E-state index in [0.29, 0.717) is 40.7 Å². The highest BCUT2D eigenvalue weighted by atomic mass is 16.5. The van der Waals surface area contributed by atoms with E-state index in [1.165, 1.54) is 11.1 Å². The van der Waals surface area contributed by atoms with Crippen LogP contribution in [0.4, 0.5) is 11.5 Å². The van der Waals surface area contributed by atoms with Gasteiger partial charge in [-0.15, -0.1) is 0 Å². The molecule has 0 radical (unpaired) electrons. The summed E-state index contributed by atoms with van der Waals surface area (Å²) >= 11 is 0. The van der Waals surface area contributed by atoms with Gasteiger partial charge in [0.05, 0.1) is 7.11 Å². The molecule has 0 bridgehead atoms. The molecule has 0 unspecified atom stereocenters. The molecule has 4 aromatic rings. The number of fused-ring (bicyclic) bond motifs is 2. The first kappa shape index (κ1) is 20.6. The fraction of sp³-hybridized carbons (Fsp3) is 0.154. The van der Waals surface area contributed by atoms with Gasteiger partial charge in [-0.05, 0) is 49.2 Å². The molecule has 0 fully saturated rings. The largest absolute Gasteiger partial charge is 0.496 e. The Balaban J connectivity index is 1.57. The number of nitrogens with two attached hydrogens (primary N) is 1. The van der Waals surface area contributed by atoms with Gasteiger partial charge in [-0.2, -0.15) is 5.10 Å².